The lowest BCUT2D eigenvalue weighted by Crippen LogP contribution is -2.35. The third kappa shape index (κ3) is 2.61. The molecule has 0 amide bonds. The van der Waals surface area contributed by atoms with Crippen LogP contribution in [0.3, 0.4) is 0 Å². The molecule has 2 nitrogen and oxygen atoms in total. The predicted molar refractivity (Wildman–Crippen MR) is 68.8 cm³/mol. The SMILES string of the molecule is CC(N)(Cc1nccs1)c1ccc(Cl)cc1. The molecular weight excluding hydrogens is 240 g/mol. The van der Waals surface area contributed by atoms with Crippen LogP contribution in [0.15, 0.2) is 35.8 Å². The molecule has 0 spiro atoms. The molecule has 1 atom stereocenters. The molecule has 1 aromatic heterocycles. The van der Waals surface area contributed by atoms with Crippen molar-refractivity contribution in [3.8, 4) is 0 Å². The number of hydrogen-bond donors (Lipinski definition) is 1. The summed E-state index contributed by atoms with van der Waals surface area (Å²) in [7, 11) is 0. The molecule has 2 rings (SSSR count). The molecule has 16 heavy (non-hydrogen) atoms. The second-order valence-electron chi connectivity index (χ2n) is 4.03. The second kappa shape index (κ2) is 4.53. The number of benzene rings is 1. The number of rotatable bonds is 3. The minimum atomic E-state index is -0.400. The average Bonchev–Trinajstić information content (AvgIpc) is 2.70. The van der Waals surface area contributed by atoms with Gasteiger partial charge in [0.2, 0.25) is 0 Å². The highest BCUT2D eigenvalue weighted by molar-refractivity contribution is 7.09. The first-order valence-corrected chi connectivity index (χ1v) is 6.27. The summed E-state index contributed by atoms with van der Waals surface area (Å²) in [5.74, 6) is 0. The van der Waals surface area contributed by atoms with Crippen LogP contribution < -0.4 is 5.73 Å². The van der Waals surface area contributed by atoms with Gasteiger partial charge in [0.1, 0.15) is 0 Å². The molecule has 2 N–H and O–H groups in total. The lowest BCUT2D eigenvalue weighted by molar-refractivity contribution is 0.490. The van der Waals surface area contributed by atoms with Crippen molar-refractivity contribution in [1.82, 2.24) is 4.98 Å². The maximum Gasteiger partial charge on any atom is 0.0946 e. The van der Waals surface area contributed by atoms with Crippen molar-refractivity contribution in [3.63, 3.8) is 0 Å². The van der Waals surface area contributed by atoms with Crippen LogP contribution in [0.2, 0.25) is 5.02 Å². The number of halogens is 1. The largest absolute Gasteiger partial charge is 0.321 e. The third-order valence-corrected chi connectivity index (χ3v) is 3.54. The molecule has 0 radical (unpaired) electrons. The first-order chi connectivity index (χ1) is 7.58. The van der Waals surface area contributed by atoms with E-state index in [1.54, 1.807) is 17.5 Å². The summed E-state index contributed by atoms with van der Waals surface area (Å²) in [6.07, 6.45) is 2.55. The van der Waals surface area contributed by atoms with Crippen LogP contribution in [0, 0.1) is 0 Å². The second-order valence-corrected chi connectivity index (χ2v) is 5.44. The molecule has 0 aliphatic rings. The molecule has 1 unspecified atom stereocenters. The summed E-state index contributed by atoms with van der Waals surface area (Å²) in [6.45, 7) is 2.01. The maximum absolute atomic E-state index is 6.30. The number of nitrogens with zero attached hydrogens (tertiary/aromatic N) is 1. The Morgan fingerprint density at radius 3 is 2.62 bits per heavy atom. The fourth-order valence-corrected chi connectivity index (χ4v) is 2.50. The van der Waals surface area contributed by atoms with E-state index in [-0.39, 0.29) is 0 Å². The first kappa shape index (κ1) is 11.6. The topological polar surface area (TPSA) is 38.9 Å². The smallest absolute Gasteiger partial charge is 0.0946 e. The molecule has 2 aromatic rings. The predicted octanol–water partition coefficient (Wildman–Crippen LogP) is 3.21. The number of aromatic nitrogens is 1. The van der Waals surface area contributed by atoms with Crippen molar-refractivity contribution >= 4 is 22.9 Å². The standard InChI is InChI=1S/C12H13ClN2S/c1-12(14,8-11-15-6-7-16-11)9-2-4-10(13)5-3-9/h2-7H,8,14H2,1H3. The molecule has 4 heteroatoms. The molecule has 0 fully saturated rings. The van der Waals surface area contributed by atoms with Crippen LogP contribution in [0.25, 0.3) is 0 Å². The van der Waals surface area contributed by atoms with Gasteiger partial charge >= 0.3 is 0 Å². The van der Waals surface area contributed by atoms with Crippen molar-refractivity contribution in [1.29, 1.82) is 0 Å². The fourth-order valence-electron chi connectivity index (χ4n) is 1.59. The van der Waals surface area contributed by atoms with Gasteiger partial charge in [0.15, 0.2) is 0 Å². The zero-order valence-corrected chi connectivity index (χ0v) is 10.6. The summed E-state index contributed by atoms with van der Waals surface area (Å²) >= 11 is 7.48. The molecule has 1 heterocycles. The highest BCUT2D eigenvalue weighted by Gasteiger charge is 2.22. The van der Waals surface area contributed by atoms with E-state index >= 15 is 0 Å². The van der Waals surface area contributed by atoms with Crippen LogP contribution in [0.4, 0.5) is 0 Å². The molecule has 84 valence electrons. The third-order valence-electron chi connectivity index (χ3n) is 2.51. The van der Waals surface area contributed by atoms with Crippen molar-refractivity contribution in [3.05, 3.63) is 51.4 Å². The Bertz CT molecular complexity index is 448. The quantitative estimate of drug-likeness (QED) is 0.911. The van der Waals surface area contributed by atoms with Gasteiger partial charge in [-0.25, -0.2) is 4.98 Å². The van der Waals surface area contributed by atoms with Crippen molar-refractivity contribution in [2.24, 2.45) is 5.73 Å². The summed E-state index contributed by atoms with van der Waals surface area (Å²) in [5.41, 5.74) is 6.98. The van der Waals surface area contributed by atoms with Gasteiger partial charge in [0.25, 0.3) is 0 Å². The van der Waals surface area contributed by atoms with E-state index in [9.17, 15) is 0 Å². The normalized spacial score (nSPS) is 14.7. The van der Waals surface area contributed by atoms with Gasteiger partial charge in [-0.15, -0.1) is 11.3 Å². The zero-order chi connectivity index (χ0) is 11.6. The van der Waals surface area contributed by atoms with Gasteiger partial charge in [-0.05, 0) is 24.6 Å². The molecule has 0 saturated carbocycles. The van der Waals surface area contributed by atoms with E-state index in [1.165, 1.54) is 0 Å². The van der Waals surface area contributed by atoms with Crippen LogP contribution in [0.1, 0.15) is 17.5 Å². The molecule has 0 saturated heterocycles. The van der Waals surface area contributed by atoms with Crippen LogP contribution in [0.5, 0.6) is 0 Å². The fraction of sp³-hybridized carbons (Fsp3) is 0.250. The van der Waals surface area contributed by atoms with Crippen LogP contribution >= 0.6 is 22.9 Å². The minimum Gasteiger partial charge on any atom is -0.321 e. The average molecular weight is 253 g/mol. The van der Waals surface area contributed by atoms with E-state index in [1.807, 2.05) is 36.6 Å². The highest BCUT2D eigenvalue weighted by atomic mass is 35.5. The van der Waals surface area contributed by atoms with Gasteiger partial charge in [0.05, 0.1) is 5.01 Å². The monoisotopic (exact) mass is 252 g/mol. The Morgan fingerprint density at radius 2 is 2.06 bits per heavy atom. The van der Waals surface area contributed by atoms with E-state index in [4.69, 9.17) is 17.3 Å². The van der Waals surface area contributed by atoms with Crippen molar-refractivity contribution in [2.75, 3.05) is 0 Å². The minimum absolute atomic E-state index is 0.400. The lowest BCUT2D eigenvalue weighted by Gasteiger charge is -2.24. The Morgan fingerprint density at radius 1 is 1.38 bits per heavy atom. The van der Waals surface area contributed by atoms with E-state index < -0.39 is 5.54 Å². The number of thiazole rings is 1. The lowest BCUT2D eigenvalue weighted by atomic mass is 9.90. The highest BCUT2D eigenvalue weighted by Crippen LogP contribution is 2.24. The summed E-state index contributed by atoms with van der Waals surface area (Å²) in [4.78, 5) is 4.26. The molecule has 0 bridgehead atoms. The Labute approximate surface area is 104 Å². The number of nitrogens with two attached hydrogens (primary N) is 1. The van der Waals surface area contributed by atoms with Gasteiger partial charge in [-0.2, -0.15) is 0 Å². The van der Waals surface area contributed by atoms with Crippen molar-refractivity contribution < 1.29 is 0 Å². The van der Waals surface area contributed by atoms with Gasteiger partial charge in [-0.1, -0.05) is 23.7 Å². The Hall–Kier alpha value is -0.900. The van der Waals surface area contributed by atoms with E-state index in [2.05, 4.69) is 4.98 Å². The summed E-state index contributed by atoms with van der Waals surface area (Å²) in [5, 5.41) is 3.75. The summed E-state index contributed by atoms with van der Waals surface area (Å²) in [6, 6.07) is 7.67. The molecule has 0 aliphatic heterocycles. The first-order valence-electron chi connectivity index (χ1n) is 5.01. The molecule has 0 aliphatic carbocycles. The zero-order valence-electron chi connectivity index (χ0n) is 8.98. The Kier molecular flexibility index (Phi) is 3.28. The van der Waals surface area contributed by atoms with Gasteiger partial charge in [-0.3, -0.25) is 0 Å². The van der Waals surface area contributed by atoms with Gasteiger partial charge < -0.3 is 5.73 Å². The van der Waals surface area contributed by atoms with E-state index in [0.717, 1.165) is 22.0 Å². The molecule has 1 aromatic carbocycles. The maximum atomic E-state index is 6.30. The Balaban J connectivity index is 2.21. The number of hydrogen-bond acceptors (Lipinski definition) is 3. The van der Waals surface area contributed by atoms with Crippen LogP contribution in [-0.2, 0) is 12.0 Å². The summed E-state index contributed by atoms with van der Waals surface area (Å²) < 4.78 is 0. The van der Waals surface area contributed by atoms with Crippen molar-refractivity contribution in [2.45, 2.75) is 18.9 Å². The molecular formula is C12H13ClN2S. The van der Waals surface area contributed by atoms with Crippen LogP contribution in [-0.4, -0.2) is 4.98 Å². The van der Waals surface area contributed by atoms with Gasteiger partial charge in [0, 0.05) is 28.6 Å². The van der Waals surface area contributed by atoms with E-state index in [0.29, 0.717) is 0 Å².